The summed E-state index contributed by atoms with van der Waals surface area (Å²) in [7, 11) is -10.9. The van der Waals surface area contributed by atoms with Gasteiger partial charge >= 0.3 is 43.6 Å². The molecular weight excluding hydrogens is 762 g/mol. The minimum atomic E-state index is -6.57. The third-order valence-electron chi connectivity index (χ3n) is 7.45. The molecule has 0 aromatic heterocycles. The number of carbonyl (C=O) groups excluding carboxylic acids is 2. The van der Waals surface area contributed by atoms with Crippen molar-refractivity contribution in [3.05, 3.63) is 84.4 Å². The van der Waals surface area contributed by atoms with E-state index in [1.165, 1.54) is 24.3 Å². The van der Waals surface area contributed by atoms with Gasteiger partial charge in [0.2, 0.25) is 0 Å². The summed E-state index contributed by atoms with van der Waals surface area (Å²) in [6, 6.07) is 20.0. The van der Waals surface area contributed by atoms with Crippen molar-refractivity contribution in [1.82, 2.24) is 0 Å². The molecule has 1 saturated carbocycles. The lowest BCUT2D eigenvalue weighted by molar-refractivity contribution is -0.317. The normalized spacial score (nSPS) is 15.3. The SMILES string of the molecule is COC(=O)OS(=O)(=O)C(F)F.O=C(CSc1cccc(OC(C2CCCC2)(C(F)(F)F)C(F)(F)S(=O)(=O)O)c1-c1ccccc1)c1ccccc1. The molecule has 280 valence electrons. The summed E-state index contributed by atoms with van der Waals surface area (Å²) in [5, 5.41) is -5.73. The molecule has 0 heterocycles. The van der Waals surface area contributed by atoms with E-state index in [1.807, 2.05) is 0 Å². The first-order chi connectivity index (χ1) is 23.7. The second-order valence-electron chi connectivity index (χ2n) is 10.7. The fourth-order valence-electron chi connectivity index (χ4n) is 5.15. The Morgan fingerprint density at radius 3 is 1.90 bits per heavy atom. The smallest absolute Gasteiger partial charge is 0.469 e. The fraction of sp³-hybridized carbons (Fsp3) is 0.355. The number of methoxy groups -OCH3 is 1. The maximum Gasteiger partial charge on any atom is 0.524 e. The van der Waals surface area contributed by atoms with Crippen LogP contribution in [-0.4, -0.2) is 69.0 Å². The van der Waals surface area contributed by atoms with Gasteiger partial charge in [-0.3, -0.25) is 9.35 Å². The molecule has 0 saturated heterocycles. The zero-order valence-corrected chi connectivity index (χ0v) is 28.6. The van der Waals surface area contributed by atoms with E-state index in [-0.39, 0.29) is 47.7 Å². The van der Waals surface area contributed by atoms with Gasteiger partial charge in [0.05, 0.1) is 12.9 Å². The Labute approximate surface area is 292 Å². The number of rotatable bonds is 12. The fourth-order valence-corrected chi connectivity index (χ4v) is 7.18. The minimum absolute atomic E-state index is 0.0216. The third-order valence-corrected chi connectivity index (χ3v) is 10.3. The lowest BCUT2D eigenvalue weighted by atomic mass is 9.84. The van der Waals surface area contributed by atoms with E-state index in [9.17, 15) is 52.9 Å². The highest BCUT2D eigenvalue weighted by Gasteiger charge is 2.80. The largest absolute Gasteiger partial charge is 0.524 e. The van der Waals surface area contributed by atoms with Gasteiger partial charge in [-0.2, -0.15) is 47.6 Å². The number of carbonyl (C=O) groups is 2. The maximum absolute atomic E-state index is 15.4. The van der Waals surface area contributed by atoms with Gasteiger partial charge in [0.1, 0.15) is 5.75 Å². The van der Waals surface area contributed by atoms with Gasteiger partial charge in [0.25, 0.3) is 5.60 Å². The minimum Gasteiger partial charge on any atom is -0.469 e. The predicted molar refractivity (Wildman–Crippen MR) is 170 cm³/mol. The molecule has 3 aromatic rings. The highest BCUT2D eigenvalue weighted by Crippen LogP contribution is 2.57. The zero-order valence-electron chi connectivity index (χ0n) is 26.2. The van der Waals surface area contributed by atoms with E-state index >= 15 is 8.78 Å². The molecule has 3 aromatic carbocycles. The second kappa shape index (κ2) is 16.6. The molecule has 0 spiro atoms. The van der Waals surface area contributed by atoms with Crippen molar-refractivity contribution in [2.45, 2.75) is 53.4 Å². The van der Waals surface area contributed by atoms with Crippen molar-refractivity contribution < 1.29 is 75.4 Å². The third kappa shape index (κ3) is 9.52. The van der Waals surface area contributed by atoms with E-state index < -0.39 is 60.8 Å². The number of halogens is 7. The van der Waals surface area contributed by atoms with Crippen LogP contribution in [0, 0.1) is 5.92 Å². The van der Waals surface area contributed by atoms with Crippen molar-refractivity contribution in [2.75, 3.05) is 12.9 Å². The van der Waals surface area contributed by atoms with Crippen molar-refractivity contribution in [2.24, 2.45) is 5.92 Å². The molecule has 0 bridgehead atoms. The van der Waals surface area contributed by atoms with E-state index in [2.05, 4.69) is 8.92 Å². The van der Waals surface area contributed by atoms with Gasteiger partial charge in [-0.05, 0) is 30.5 Å². The topological polar surface area (TPSA) is 150 Å². The Hall–Kier alpha value is -3.88. The van der Waals surface area contributed by atoms with Crippen LogP contribution >= 0.6 is 11.8 Å². The summed E-state index contributed by atoms with van der Waals surface area (Å²) in [4.78, 5) is 23.0. The van der Waals surface area contributed by atoms with E-state index in [4.69, 9.17) is 4.74 Å². The lowest BCUT2D eigenvalue weighted by Gasteiger charge is -2.44. The van der Waals surface area contributed by atoms with Crippen molar-refractivity contribution in [3.8, 4) is 16.9 Å². The molecule has 51 heavy (non-hydrogen) atoms. The quantitative estimate of drug-likeness (QED) is 0.0475. The second-order valence-corrected chi connectivity index (χ2v) is 14.7. The molecule has 20 heteroatoms. The summed E-state index contributed by atoms with van der Waals surface area (Å²) >= 11 is 0.972. The van der Waals surface area contributed by atoms with Crippen LogP contribution in [0.2, 0.25) is 0 Å². The van der Waals surface area contributed by atoms with Crippen molar-refractivity contribution in [1.29, 1.82) is 0 Å². The van der Waals surface area contributed by atoms with Crippen LogP contribution in [0.1, 0.15) is 36.0 Å². The van der Waals surface area contributed by atoms with Gasteiger partial charge in [-0.15, -0.1) is 11.8 Å². The van der Waals surface area contributed by atoms with E-state index in [0.29, 0.717) is 11.1 Å². The van der Waals surface area contributed by atoms with Crippen LogP contribution in [0.25, 0.3) is 11.1 Å². The summed E-state index contributed by atoms with van der Waals surface area (Å²) in [5.41, 5.74) is -3.89. The highest BCUT2D eigenvalue weighted by molar-refractivity contribution is 8.00. The number of ketones is 1. The summed E-state index contributed by atoms with van der Waals surface area (Å²) in [6.07, 6.45) is -8.06. The van der Waals surface area contributed by atoms with Crippen molar-refractivity contribution >= 4 is 43.9 Å². The first-order valence-corrected chi connectivity index (χ1v) is 18.4. The average molecular weight is 791 g/mol. The van der Waals surface area contributed by atoms with Crippen LogP contribution in [-0.2, 0) is 29.2 Å². The lowest BCUT2D eigenvalue weighted by Crippen LogP contribution is -2.69. The monoisotopic (exact) mass is 790 g/mol. The van der Waals surface area contributed by atoms with Crippen LogP contribution in [0.4, 0.5) is 35.5 Å². The number of Topliss-reactive ketones (excluding diaryl/α,β-unsaturated/α-hetero) is 1. The average Bonchev–Trinajstić information content (AvgIpc) is 3.61. The molecular formula is C31H29F7O10S3. The standard InChI is InChI=1S/C28H25F5O5S2.C3H4F2O5S/c29-27(30,31)26(21-14-7-8-15-21,28(32,33)40(35,36)37)38-23-16-9-17-24(25(23)20-12-5-2-6-13-20)39-18-22(34)19-10-3-1-4-11-19;1-9-3(6)10-11(7,8)2(4)5/h1-6,9-13,16-17,21H,7-8,14-15,18H2,(H,35,36,37);2H,1H3. The molecule has 10 nitrogen and oxygen atoms in total. The number of hydrogen-bond donors (Lipinski definition) is 1. The summed E-state index contributed by atoms with van der Waals surface area (Å²) in [6.45, 7) is 0. The molecule has 1 aliphatic rings. The Bertz CT molecular complexity index is 1870. The predicted octanol–water partition coefficient (Wildman–Crippen LogP) is 8.00. The molecule has 1 fully saturated rings. The summed E-state index contributed by atoms with van der Waals surface area (Å²) < 4.78 is 163. The number of hydrogen-bond acceptors (Lipinski definition) is 10. The molecule has 0 radical (unpaired) electrons. The van der Waals surface area contributed by atoms with Crippen LogP contribution in [0.3, 0.4) is 0 Å². The number of thioether (sulfide) groups is 1. The van der Waals surface area contributed by atoms with Crippen LogP contribution in [0.5, 0.6) is 5.75 Å². The summed E-state index contributed by atoms with van der Waals surface area (Å²) in [5.74, 6) is -6.76. The molecule has 1 unspecified atom stereocenters. The Balaban J connectivity index is 0.000000551. The van der Waals surface area contributed by atoms with Gasteiger partial charge in [0, 0.05) is 21.9 Å². The molecule has 1 aliphatic carbocycles. The van der Waals surface area contributed by atoms with Gasteiger partial charge in [0.15, 0.2) is 5.78 Å². The van der Waals surface area contributed by atoms with E-state index in [1.54, 1.807) is 48.5 Å². The Morgan fingerprint density at radius 2 is 1.41 bits per heavy atom. The van der Waals surface area contributed by atoms with E-state index in [0.717, 1.165) is 24.9 Å². The first kappa shape index (κ1) is 41.5. The number of alkyl halides is 7. The Kier molecular flexibility index (Phi) is 13.6. The maximum atomic E-state index is 15.4. The van der Waals surface area contributed by atoms with Crippen LogP contribution < -0.4 is 4.74 Å². The van der Waals surface area contributed by atoms with Gasteiger partial charge < -0.3 is 13.7 Å². The molecule has 0 amide bonds. The molecule has 4 rings (SSSR count). The number of ether oxygens (including phenoxy) is 2. The van der Waals surface area contributed by atoms with Gasteiger partial charge in [-0.25, -0.2) is 4.79 Å². The first-order valence-electron chi connectivity index (χ1n) is 14.5. The number of benzene rings is 3. The van der Waals surface area contributed by atoms with Gasteiger partial charge in [-0.1, -0.05) is 79.6 Å². The molecule has 1 N–H and O–H groups in total. The van der Waals surface area contributed by atoms with Crippen molar-refractivity contribution in [3.63, 3.8) is 0 Å². The molecule has 1 atom stereocenters. The zero-order chi connectivity index (χ0) is 38.3. The Morgan fingerprint density at radius 1 is 0.863 bits per heavy atom. The highest BCUT2D eigenvalue weighted by atomic mass is 32.2. The van der Waals surface area contributed by atoms with Crippen LogP contribution in [0.15, 0.2) is 83.8 Å². The molecule has 0 aliphatic heterocycles.